The number of amides is 1. The number of halogens is 4. The molecule has 1 amide bonds. The lowest BCUT2D eigenvalue weighted by Gasteiger charge is -2.08. The van der Waals surface area contributed by atoms with Crippen LogP contribution >= 0.6 is 39.1 Å². The number of aromatic nitrogens is 4. The summed E-state index contributed by atoms with van der Waals surface area (Å²) in [5.41, 5.74) is 0.659. The lowest BCUT2D eigenvalue weighted by Crippen LogP contribution is -2.15. The number of hydrogen-bond donors (Lipinski definition) is 1. The van der Waals surface area contributed by atoms with Crippen molar-refractivity contribution in [2.45, 2.75) is 13.3 Å². The highest BCUT2D eigenvalue weighted by Crippen LogP contribution is 2.27. The molecule has 2 aromatic heterocycles. The summed E-state index contributed by atoms with van der Waals surface area (Å²) in [5, 5.41) is 12.1. The summed E-state index contributed by atoms with van der Waals surface area (Å²) in [6.07, 6.45) is 3.26. The summed E-state index contributed by atoms with van der Waals surface area (Å²) in [4.78, 5) is 12.6. The summed E-state index contributed by atoms with van der Waals surface area (Å²) < 4.78 is 23.0. The number of ether oxygens (including phenoxy) is 1. The number of hydrogen-bond acceptors (Lipinski definition) is 4. The van der Waals surface area contributed by atoms with Crippen LogP contribution < -0.4 is 10.1 Å². The number of anilines is 1. The first kappa shape index (κ1) is 22.3. The molecule has 0 atom stereocenters. The maximum atomic E-state index is 13.9. The average molecular weight is 539 g/mol. The molecule has 7 nitrogen and oxygen atoms in total. The van der Waals surface area contributed by atoms with Crippen LogP contribution in [-0.2, 0) is 13.3 Å². The molecule has 0 spiro atoms. The Bertz CT molecular complexity index is 1280. The van der Waals surface area contributed by atoms with E-state index in [1.54, 1.807) is 54.9 Å². The van der Waals surface area contributed by atoms with Gasteiger partial charge in [-0.2, -0.15) is 10.2 Å². The van der Waals surface area contributed by atoms with E-state index in [2.05, 4.69) is 31.4 Å². The third-order valence-electron chi connectivity index (χ3n) is 4.36. The number of carbonyl (C=O) groups is 1. The third kappa shape index (κ3) is 5.29. The minimum Gasteiger partial charge on any atom is -0.470 e. The van der Waals surface area contributed by atoms with E-state index in [-0.39, 0.29) is 24.8 Å². The molecular formula is C21H15BrCl2FN5O2. The Morgan fingerprint density at radius 3 is 2.72 bits per heavy atom. The fraction of sp³-hybridized carbons (Fsp3) is 0.0952. The van der Waals surface area contributed by atoms with E-state index in [9.17, 15) is 9.18 Å². The summed E-state index contributed by atoms with van der Waals surface area (Å²) in [6.45, 7) is 0.274. The first-order valence-electron chi connectivity index (χ1n) is 9.28. The van der Waals surface area contributed by atoms with E-state index in [4.69, 9.17) is 27.9 Å². The van der Waals surface area contributed by atoms with E-state index in [1.807, 2.05) is 0 Å². The zero-order valence-electron chi connectivity index (χ0n) is 16.3. The molecule has 4 aromatic rings. The maximum Gasteiger partial charge on any atom is 0.277 e. The van der Waals surface area contributed by atoms with Gasteiger partial charge in [-0.3, -0.25) is 9.48 Å². The second-order valence-corrected chi connectivity index (χ2v) is 8.36. The van der Waals surface area contributed by atoms with Crippen LogP contribution in [0.3, 0.4) is 0 Å². The molecule has 2 aromatic carbocycles. The van der Waals surface area contributed by atoms with Crippen LogP contribution in [0.5, 0.6) is 5.75 Å². The summed E-state index contributed by atoms with van der Waals surface area (Å²) in [7, 11) is 0. The smallest absolute Gasteiger partial charge is 0.277 e. The van der Waals surface area contributed by atoms with Crippen LogP contribution in [0.4, 0.5) is 10.2 Å². The van der Waals surface area contributed by atoms with Crippen molar-refractivity contribution in [3.63, 3.8) is 0 Å². The van der Waals surface area contributed by atoms with Gasteiger partial charge in [0.25, 0.3) is 5.91 Å². The molecule has 1 N–H and O–H groups in total. The van der Waals surface area contributed by atoms with Gasteiger partial charge in [0.15, 0.2) is 18.2 Å². The normalized spacial score (nSPS) is 10.9. The number of nitrogens with one attached hydrogen (secondary N) is 1. The highest BCUT2D eigenvalue weighted by Gasteiger charge is 2.15. The van der Waals surface area contributed by atoms with Crippen molar-refractivity contribution in [2.75, 3.05) is 5.32 Å². The zero-order valence-corrected chi connectivity index (χ0v) is 19.4. The van der Waals surface area contributed by atoms with Crippen molar-refractivity contribution in [3.05, 3.63) is 92.5 Å². The lowest BCUT2D eigenvalue weighted by molar-refractivity contribution is 0.101. The molecule has 0 aliphatic rings. The quantitative estimate of drug-likeness (QED) is 0.331. The van der Waals surface area contributed by atoms with E-state index >= 15 is 0 Å². The van der Waals surface area contributed by atoms with Crippen LogP contribution in [0.25, 0.3) is 0 Å². The van der Waals surface area contributed by atoms with Crippen LogP contribution in [0.1, 0.15) is 16.1 Å². The molecular weight excluding hydrogens is 524 g/mol. The molecule has 0 saturated carbocycles. The molecule has 164 valence electrons. The average Bonchev–Trinajstić information content (AvgIpc) is 3.36. The van der Waals surface area contributed by atoms with Gasteiger partial charge in [-0.05, 0) is 46.3 Å². The summed E-state index contributed by atoms with van der Waals surface area (Å²) >= 11 is 15.3. The molecule has 0 aliphatic heterocycles. The Kier molecular flexibility index (Phi) is 6.78. The SMILES string of the molecule is O=C(Nc1nn(Cc2ccccc2F)cc1Br)c1ccn(COc2ccc(Cl)cc2Cl)n1. The number of benzene rings is 2. The van der Waals surface area contributed by atoms with Gasteiger partial charge in [-0.15, -0.1) is 0 Å². The van der Waals surface area contributed by atoms with Gasteiger partial charge in [-0.1, -0.05) is 41.4 Å². The maximum absolute atomic E-state index is 13.9. The van der Waals surface area contributed by atoms with Crippen molar-refractivity contribution in [3.8, 4) is 5.75 Å². The molecule has 2 heterocycles. The van der Waals surface area contributed by atoms with Crippen molar-refractivity contribution in [1.82, 2.24) is 19.6 Å². The van der Waals surface area contributed by atoms with Crippen molar-refractivity contribution in [1.29, 1.82) is 0 Å². The number of nitrogens with zero attached hydrogens (tertiary/aromatic N) is 4. The Morgan fingerprint density at radius 2 is 1.94 bits per heavy atom. The van der Waals surface area contributed by atoms with Gasteiger partial charge in [0.2, 0.25) is 0 Å². The molecule has 0 unspecified atom stereocenters. The Hall–Kier alpha value is -2.88. The molecule has 0 aliphatic carbocycles. The Labute approximate surface area is 200 Å². The predicted molar refractivity (Wildman–Crippen MR) is 123 cm³/mol. The van der Waals surface area contributed by atoms with Gasteiger partial charge in [-0.25, -0.2) is 9.07 Å². The predicted octanol–water partition coefficient (Wildman–Crippen LogP) is 5.63. The van der Waals surface area contributed by atoms with E-state index in [1.165, 1.54) is 15.4 Å². The second kappa shape index (κ2) is 9.72. The zero-order chi connectivity index (χ0) is 22.7. The van der Waals surface area contributed by atoms with E-state index in [0.717, 1.165) is 0 Å². The van der Waals surface area contributed by atoms with Crippen molar-refractivity contribution < 1.29 is 13.9 Å². The summed E-state index contributed by atoms with van der Waals surface area (Å²) in [5.74, 6) is -0.0329. The Balaban J connectivity index is 1.39. The first-order chi connectivity index (χ1) is 15.4. The fourth-order valence-corrected chi connectivity index (χ4v) is 3.70. The molecule has 32 heavy (non-hydrogen) atoms. The molecule has 0 bridgehead atoms. The van der Waals surface area contributed by atoms with Crippen molar-refractivity contribution >= 4 is 50.9 Å². The number of carbonyl (C=O) groups excluding carboxylic acids is 1. The summed E-state index contributed by atoms with van der Waals surface area (Å²) in [6, 6.07) is 12.9. The standard InChI is InChI=1S/C21H15BrCl2FN5O2/c22-15-11-30(10-13-3-1-2-4-17(13)25)28-20(15)26-21(31)18-7-8-29(27-18)12-32-19-6-5-14(23)9-16(19)24/h1-9,11H,10,12H2,(H,26,28,31). The van der Waals surface area contributed by atoms with Gasteiger partial charge in [0.1, 0.15) is 11.6 Å². The highest BCUT2D eigenvalue weighted by molar-refractivity contribution is 9.10. The van der Waals surface area contributed by atoms with Crippen molar-refractivity contribution in [2.24, 2.45) is 0 Å². The van der Waals surface area contributed by atoms with Gasteiger partial charge in [0, 0.05) is 23.0 Å². The topological polar surface area (TPSA) is 74.0 Å². The molecule has 0 radical (unpaired) electrons. The first-order valence-corrected chi connectivity index (χ1v) is 10.8. The van der Waals surface area contributed by atoms with Crippen LogP contribution in [0, 0.1) is 5.82 Å². The number of rotatable bonds is 7. The molecule has 0 saturated heterocycles. The minimum atomic E-state index is -0.454. The monoisotopic (exact) mass is 537 g/mol. The third-order valence-corrected chi connectivity index (χ3v) is 5.47. The van der Waals surface area contributed by atoms with Gasteiger partial charge < -0.3 is 10.1 Å². The van der Waals surface area contributed by atoms with E-state index in [0.29, 0.717) is 31.6 Å². The van der Waals surface area contributed by atoms with Gasteiger partial charge in [0.05, 0.1) is 16.0 Å². The Morgan fingerprint density at radius 1 is 1.12 bits per heavy atom. The van der Waals surface area contributed by atoms with Crippen LogP contribution in [0.15, 0.2) is 65.4 Å². The highest BCUT2D eigenvalue weighted by atomic mass is 79.9. The van der Waals surface area contributed by atoms with E-state index < -0.39 is 5.91 Å². The molecule has 4 rings (SSSR count). The molecule has 0 fully saturated rings. The second-order valence-electron chi connectivity index (χ2n) is 6.66. The van der Waals surface area contributed by atoms with Gasteiger partial charge >= 0.3 is 0 Å². The largest absolute Gasteiger partial charge is 0.470 e. The molecule has 11 heteroatoms. The fourth-order valence-electron chi connectivity index (χ4n) is 2.82. The van der Waals surface area contributed by atoms with Crippen LogP contribution in [-0.4, -0.2) is 25.5 Å². The minimum absolute atomic E-state index is 0.0512. The van der Waals surface area contributed by atoms with Crippen LogP contribution in [0.2, 0.25) is 10.0 Å². The lowest BCUT2D eigenvalue weighted by atomic mass is 10.2.